The Bertz CT molecular complexity index is 347. The average molecular weight is 221 g/mol. The van der Waals surface area contributed by atoms with E-state index in [9.17, 15) is 0 Å². The molecule has 0 aliphatic carbocycles. The molecule has 0 heterocycles. The van der Waals surface area contributed by atoms with E-state index in [-0.39, 0.29) is 0 Å². The first kappa shape index (κ1) is 13.2. The molecule has 0 aliphatic heterocycles. The Labute approximate surface area is 99.0 Å². The van der Waals surface area contributed by atoms with Crippen molar-refractivity contribution in [3.8, 4) is 0 Å². The average Bonchev–Trinajstić information content (AvgIpc) is 2.23. The monoisotopic (exact) mass is 221 g/mol. The number of benzene rings is 1. The maximum atomic E-state index is 5.04. The minimum atomic E-state index is 0.384. The molecule has 0 amide bonds. The quantitative estimate of drug-likeness (QED) is 0.772. The standard InChI is InChI=1S/C14H23NO/c1-10-8-12(3)14(9-11(10)2)13(4)15-6-7-16-5/h8-9,13,15H,6-7H2,1-5H3. The highest BCUT2D eigenvalue weighted by molar-refractivity contribution is 5.37. The summed E-state index contributed by atoms with van der Waals surface area (Å²) in [5, 5.41) is 3.46. The topological polar surface area (TPSA) is 21.3 Å². The number of hydrogen-bond acceptors (Lipinski definition) is 2. The molecule has 0 aromatic heterocycles. The third kappa shape index (κ3) is 3.32. The van der Waals surface area contributed by atoms with E-state index in [1.54, 1.807) is 7.11 Å². The van der Waals surface area contributed by atoms with Crippen molar-refractivity contribution in [3.63, 3.8) is 0 Å². The summed E-state index contributed by atoms with van der Waals surface area (Å²) in [5.41, 5.74) is 5.48. The van der Waals surface area contributed by atoms with Crippen molar-refractivity contribution in [2.75, 3.05) is 20.3 Å². The maximum absolute atomic E-state index is 5.04. The molecule has 0 fully saturated rings. The third-order valence-corrected chi connectivity index (χ3v) is 3.11. The summed E-state index contributed by atoms with van der Waals surface area (Å²) in [6.45, 7) is 10.4. The van der Waals surface area contributed by atoms with Crippen LogP contribution >= 0.6 is 0 Å². The van der Waals surface area contributed by atoms with Crippen molar-refractivity contribution in [2.45, 2.75) is 33.7 Å². The summed E-state index contributed by atoms with van der Waals surface area (Å²) < 4.78 is 5.04. The number of rotatable bonds is 5. The number of hydrogen-bond donors (Lipinski definition) is 1. The normalized spacial score (nSPS) is 12.8. The van der Waals surface area contributed by atoms with Crippen LogP contribution in [0, 0.1) is 20.8 Å². The van der Waals surface area contributed by atoms with Gasteiger partial charge in [0, 0.05) is 19.7 Å². The lowest BCUT2D eigenvalue weighted by Crippen LogP contribution is -2.23. The van der Waals surface area contributed by atoms with Gasteiger partial charge < -0.3 is 10.1 Å². The van der Waals surface area contributed by atoms with Crippen LogP contribution in [0.2, 0.25) is 0 Å². The van der Waals surface area contributed by atoms with Gasteiger partial charge in [-0.3, -0.25) is 0 Å². The molecule has 0 saturated carbocycles. The highest BCUT2D eigenvalue weighted by Gasteiger charge is 2.08. The van der Waals surface area contributed by atoms with Gasteiger partial charge in [-0.15, -0.1) is 0 Å². The summed E-state index contributed by atoms with van der Waals surface area (Å²) in [4.78, 5) is 0. The van der Waals surface area contributed by atoms with Crippen LogP contribution in [-0.2, 0) is 4.74 Å². The van der Waals surface area contributed by atoms with Crippen LogP contribution in [0.25, 0.3) is 0 Å². The van der Waals surface area contributed by atoms with Gasteiger partial charge in [0.1, 0.15) is 0 Å². The van der Waals surface area contributed by atoms with Gasteiger partial charge in [0.05, 0.1) is 6.61 Å². The molecule has 0 saturated heterocycles. The van der Waals surface area contributed by atoms with Gasteiger partial charge >= 0.3 is 0 Å². The zero-order valence-electron chi connectivity index (χ0n) is 11.1. The van der Waals surface area contributed by atoms with Gasteiger partial charge in [0.15, 0.2) is 0 Å². The molecule has 0 radical (unpaired) electrons. The van der Waals surface area contributed by atoms with Gasteiger partial charge in [-0.25, -0.2) is 0 Å². The fourth-order valence-electron chi connectivity index (χ4n) is 1.94. The Hall–Kier alpha value is -0.860. The molecule has 2 nitrogen and oxygen atoms in total. The Morgan fingerprint density at radius 3 is 2.38 bits per heavy atom. The molecule has 1 N–H and O–H groups in total. The fraction of sp³-hybridized carbons (Fsp3) is 0.571. The number of ether oxygens (including phenoxy) is 1. The lowest BCUT2D eigenvalue weighted by molar-refractivity contribution is 0.196. The lowest BCUT2D eigenvalue weighted by Gasteiger charge is -2.18. The Morgan fingerprint density at radius 1 is 1.12 bits per heavy atom. The summed E-state index contributed by atoms with van der Waals surface area (Å²) in [6.07, 6.45) is 0. The van der Waals surface area contributed by atoms with E-state index in [1.807, 2.05) is 0 Å². The lowest BCUT2D eigenvalue weighted by atomic mass is 9.96. The molecule has 90 valence electrons. The molecule has 1 unspecified atom stereocenters. The minimum Gasteiger partial charge on any atom is -0.383 e. The van der Waals surface area contributed by atoms with Crippen LogP contribution < -0.4 is 5.32 Å². The van der Waals surface area contributed by atoms with E-state index < -0.39 is 0 Å². The van der Waals surface area contributed by atoms with E-state index in [0.717, 1.165) is 13.2 Å². The summed E-state index contributed by atoms with van der Waals surface area (Å²) in [7, 11) is 1.73. The molecule has 1 atom stereocenters. The van der Waals surface area contributed by atoms with Crippen LogP contribution in [0.15, 0.2) is 12.1 Å². The predicted octanol–water partition coefficient (Wildman–Crippen LogP) is 2.91. The van der Waals surface area contributed by atoms with Crippen LogP contribution in [-0.4, -0.2) is 20.3 Å². The van der Waals surface area contributed by atoms with E-state index in [1.165, 1.54) is 22.3 Å². The van der Waals surface area contributed by atoms with E-state index >= 15 is 0 Å². The van der Waals surface area contributed by atoms with Gasteiger partial charge in [-0.05, 0) is 49.9 Å². The highest BCUT2D eigenvalue weighted by atomic mass is 16.5. The van der Waals surface area contributed by atoms with Crippen molar-refractivity contribution in [1.29, 1.82) is 0 Å². The van der Waals surface area contributed by atoms with Gasteiger partial charge in [-0.2, -0.15) is 0 Å². The fourth-order valence-corrected chi connectivity index (χ4v) is 1.94. The van der Waals surface area contributed by atoms with Crippen LogP contribution in [0.1, 0.15) is 35.2 Å². The molecule has 1 aromatic carbocycles. The summed E-state index contributed by atoms with van der Waals surface area (Å²) in [6, 6.07) is 4.93. The van der Waals surface area contributed by atoms with Gasteiger partial charge in [0.25, 0.3) is 0 Å². The zero-order valence-corrected chi connectivity index (χ0v) is 11.1. The maximum Gasteiger partial charge on any atom is 0.0587 e. The first-order chi connectivity index (χ1) is 7.56. The molecule has 1 aromatic rings. The Kier molecular flexibility index (Phi) is 4.97. The largest absolute Gasteiger partial charge is 0.383 e. The second kappa shape index (κ2) is 6.02. The van der Waals surface area contributed by atoms with Crippen LogP contribution in [0.5, 0.6) is 0 Å². The smallest absolute Gasteiger partial charge is 0.0587 e. The zero-order chi connectivity index (χ0) is 12.1. The third-order valence-electron chi connectivity index (χ3n) is 3.11. The molecule has 1 rings (SSSR count). The SMILES string of the molecule is COCCNC(C)c1cc(C)c(C)cc1C. The van der Waals surface area contributed by atoms with E-state index in [2.05, 4.69) is 45.1 Å². The highest BCUT2D eigenvalue weighted by Crippen LogP contribution is 2.21. The molecule has 0 bridgehead atoms. The molecule has 0 aliphatic rings. The van der Waals surface area contributed by atoms with Gasteiger partial charge in [-0.1, -0.05) is 12.1 Å². The Morgan fingerprint density at radius 2 is 1.75 bits per heavy atom. The molecule has 0 spiro atoms. The van der Waals surface area contributed by atoms with Crippen molar-refractivity contribution < 1.29 is 4.74 Å². The number of aryl methyl sites for hydroxylation is 3. The first-order valence-electron chi connectivity index (χ1n) is 5.86. The van der Waals surface area contributed by atoms with Gasteiger partial charge in [0.2, 0.25) is 0 Å². The molecular weight excluding hydrogens is 198 g/mol. The minimum absolute atomic E-state index is 0.384. The number of methoxy groups -OCH3 is 1. The molecule has 2 heteroatoms. The van der Waals surface area contributed by atoms with Crippen molar-refractivity contribution in [1.82, 2.24) is 5.32 Å². The Balaban J connectivity index is 2.75. The second-order valence-corrected chi connectivity index (χ2v) is 4.46. The molecule has 16 heavy (non-hydrogen) atoms. The van der Waals surface area contributed by atoms with Crippen molar-refractivity contribution >= 4 is 0 Å². The van der Waals surface area contributed by atoms with Crippen LogP contribution in [0.4, 0.5) is 0 Å². The van der Waals surface area contributed by atoms with Crippen LogP contribution in [0.3, 0.4) is 0 Å². The number of nitrogens with one attached hydrogen (secondary N) is 1. The summed E-state index contributed by atoms with van der Waals surface area (Å²) >= 11 is 0. The second-order valence-electron chi connectivity index (χ2n) is 4.46. The van der Waals surface area contributed by atoms with E-state index in [4.69, 9.17) is 4.74 Å². The van der Waals surface area contributed by atoms with Crippen molar-refractivity contribution in [3.05, 3.63) is 34.4 Å². The van der Waals surface area contributed by atoms with E-state index in [0.29, 0.717) is 6.04 Å². The summed E-state index contributed by atoms with van der Waals surface area (Å²) in [5.74, 6) is 0. The first-order valence-corrected chi connectivity index (χ1v) is 5.86. The van der Waals surface area contributed by atoms with Crippen molar-refractivity contribution in [2.24, 2.45) is 0 Å². The predicted molar refractivity (Wildman–Crippen MR) is 68.9 cm³/mol. The molecular formula is C14H23NO.